The minimum atomic E-state index is 0. The summed E-state index contributed by atoms with van der Waals surface area (Å²) in [5, 5.41) is 2.19. The van der Waals surface area contributed by atoms with Crippen molar-refractivity contribution in [1.29, 1.82) is 0 Å². The Hall–Kier alpha value is 0.210. The van der Waals surface area contributed by atoms with Gasteiger partial charge in [-0.1, -0.05) is 19.3 Å². The van der Waals surface area contributed by atoms with E-state index < -0.39 is 0 Å². The summed E-state index contributed by atoms with van der Waals surface area (Å²) >= 11 is 0. The summed E-state index contributed by atoms with van der Waals surface area (Å²) in [5.41, 5.74) is 0. The molecule has 1 heterocycles. The molecule has 0 radical (unpaired) electrons. The lowest BCUT2D eigenvalue weighted by molar-refractivity contribution is -0.203. The van der Waals surface area contributed by atoms with Crippen LogP contribution in [0.5, 0.6) is 0 Å². The summed E-state index contributed by atoms with van der Waals surface area (Å²) in [7, 11) is 0. The standard InChI is InChI=1S/C10H19NO.ClH/c1-4-8-11(9-5-1)12-10-6-2-3-7-10;/h10H,1-9H2;1H. The minimum absolute atomic E-state index is 0. The van der Waals surface area contributed by atoms with E-state index in [0.717, 1.165) is 13.1 Å². The van der Waals surface area contributed by atoms with Gasteiger partial charge in [0.15, 0.2) is 0 Å². The van der Waals surface area contributed by atoms with Crippen LogP contribution in [0.3, 0.4) is 0 Å². The molecular formula is C10H20ClNO. The van der Waals surface area contributed by atoms with Crippen molar-refractivity contribution in [1.82, 2.24) is 5.06 Å². The molecular weight excluding hydrogens is 186 g/mol. The Labute approximate surface area is 87.0 Å². The summed E-state index contributed by atoms with van der Waals surface area (Å²) in [5.74, 6) is 0. The van der Waals surface area contributed by atoms with Gasteiger partial charge in [-0.25, -0.2) is 0 Å². The van der Waals surface area contributed by atoms with Gasteiger partial charge >= 0.3 is 0 Å². The normalized spacial score (nSPS) is 25.8. The average Bonchev–Trinajstić information content (AvgIpc) is 2.59. The van der Waals surface area contributed by atoms with Crippen LogP contribution in [0.15, 0.2) is 0 Å². The van der Waals surface area contributed by atoms with Gasteiger partial charge in [-0.15, -0.1) is 12.4 Å². The third-order valence-electron chi connectivity index (χ3n) is 2.92. The third kappa shape index (κ3) is 3.45. The molecule has 1 aliphatic heterocycles. The van der Waals surface area contributed by atoms with Crippen molar-refractivity contribution in [2.45, 2.75) is 51.0 Å². The summed E-state index contributed by atoms with van der Waals surface area (Å²) in [4.78, 5) is 5.89. The first-order chi connectivity index (χ1) is 5.95. The van der Waals surface area contributed by atoms with Gasteiger partial charge in [0.1, 0.15) is 0 Å². The number of rotatable bonds is 2. The lowest BCUT2D eigenvalue weighted by Crippen LogP contribution is -2.33. The van der Waals surface area contributed by atoms with Crippen molar-refractivity contribution in [3.63, 3.8) is 0 Å². The zero-order chi connectivity index (χ0) is 8.23. The lowest BCUT2D eigenvalue weighted by atomic mass is 10.2. The second-order valence-corrected chi connectivity index (χ2v) is 4.00. The molecule has 78 valence electrons. The number of hydrogen-bond donors (Lipinski definition) is 0. The Kier molecular flexibility index (Phi) is 5.07. The molecule has 1 saturated carbocycles. The molecule has 2 fully saturated rings. The molecule has 0 bridgehead atoms. The van der Waals surface area contributed by atoms with E-state index in [-0.39, 0.29) is 12.4 Å². The number of hydroxylamine groups is 2. The molecule has 2 rings (SSSR count). The summed E-state index contributed by atoms with van der Waals surface area (Å²) in [6.07, 6.45) is 9.93. The maximum absolute atomic E-state index is 5.89. The summed E-state index contributed by atoms with van der Waals surface area (Å²) in [6.45, 7) is 2.33. The fourth-order valence-corrected chi connectivity index (χ4v) is 2.17. The van der Waals surface area contributed by atoms with E-state index in [1.165, 1.54) is 44.9 Å². The van der Waals surface area contributed by atoms with Crippen LogP contribution in [0.4, 0.5) is 0 Å². The number of hydrogen-bond acceptors (Lipinski definition) is 2. The number of piperidine rings is 1. The minimum Gasteiger partial charge on any atom is -0.296 e. The first kappa shape index (κ1) is 11.3. The highest BCUT2D eigenvalue weighted by Gasteiger charge is 2.20. The number of halogens is 1. The molecule has 0 unspecified atom stereocenters. The smallest absolute Gasteiger partial charge is 0.0793 e. The van der Waals surface area contributed by atoms with E-state index in [2.05, 4.69) is 5.06 Å². The highest BCUT2D eigenvalue weighted by molar-refractivity contribution is 5.85. The maximum Gasteiger partial charge on any atom is 0.0793 e. The predicted molar refractivity (Wildman–Crippen MR) is 56.0 cm³/mol. The van der Waals surface area contributed by atoms with Gasteiger partial charge in [0.25, 0.3) is 0 Å². The maximum atomic E-state index is 5.89. The Morgan fingerprint density at radius 3 is 2.08 bits per heavy atom. The van der Waals surface area contributed by atoms with Gasteiger partial charge in [-0.2, -0.15) is 5.06 Å². The van der Waals surface area contributed by atoms with Crippen LogP contribution in [0.1, 0.15) is 44.9 Å². The van der Waals surface area contributed by atoms with Crippen molar-refractivity contribution in [2.24, 2.45) is 0 Å². The second kappa shape index (κ2) is 5.84. The molecule has 2 nitrogen and oxygen atoms in total. The Balaban J connectivity index is 0.000000845. The van der Waals surface area contributed by atoms with E-state index in [9.17, 15) is 0 Å². The van der Waals surface area contributed by atoms with Gasteiger partial charge in [-0.05, 0) is 25.7 Å². The zero-order valence-electron chi connectivity index (χ0n) is 8.21. The van der Waals surface area contributed by atoms with Crippen molar-refractivity contribution in [3.05, 3.63) is 0 Å². The van der Waals surface area contributed by atoms with E-state index in [1.54, 1.807) is 0 Å². The molecule has 1 saturated heterocycles. The Bertz CT molecular complexity index is 131. The molecule has 0 aromatic heterocycles. The first-order valence-electron chi connectivity index (χ1n) is 5.37. The molecule has 1 aliphatic carbocycles. The highest BCUT2D eigenvalue weighted by Crippen LogP contribution is 2.23. The third-order valence-corrected chi connectivity index (χ3v) is 2.92. The molecule has 3 heteroatoms. The monoisotopic (exact) mass is 205 g/mol. The van der Waals surface area contributed by atoms with Crippen molar-refractivity contribution >= 4 is 12.4 Å². The van der Waals surface area contributed by atoms with Gasteiger partial charge in [0, 0.05) is 13.1 Å². The van der Waals surface area contributed by atoms with Gasteiger partial charge in [-0.3, -0.25) is 4.84 Å². The highest BCUT2D eigenvalue weighted by atomic mass is 35.5. The molecule has 0 aromatic carbocycles. The van der Waals surface area contributed by atoms with Gasteiger partial charge in [0.05, 0.1) is 6.10 Å². The van der Waals surface area contributed by atoms with Gasteiger partial charge < -0.3 is 0 Å². The van der Waals surface area contributed by atoms with Crippen molar-refractivity contribution in [2.75, 3.05) is 13.1 Å². The van der Waals surface area contributed by atoms with Crippen molar-refractivity contribution < 1.29 is 4.84 Å². The SMILES string of the molecule is C1CCN(OC2CCCC2)CC1.Cl. The molecule has 0 aromatic rings. The van der Waals surface area contributed by atoms with Crippen LogP contribution in [0.25, 0.3) is 0 Å². The predicted octanol–water partition coefficient (Wildman–Crippen LogP) is 2.77. The molecule has 2 aliphatic rings. The van der Waals surface area contributed by atoms with Crippen LogP contribution in [0.2, 0.25) is 0 Å². The first-order valence-corrected chi connectivity index (χ1v) is 5.37. The summed E-state index contributed by atoms with van der Waals surface area (Å²) < 4.78 is 0. The molecule has 0 amide bonds. The van der Waals surface area contributed by atoms with E-state index in [1.807, 2.05) is 0 Å². The summed E-state index contributed by atoms with van der Waals surface area (Å²) in [6, 6.07) is 0. The van der Waals surface area contributed by atoms with Crippen molar-refractivity contribution in [3.8, 4) is 0 Å². The van der Waals surface area contributed by atoms with Crippen LogP contribution >= 0.6 is 12.4 Å². The largest absolute Gasteiger partial charge is 0.296 e. The molecule has 0 N–H and O–H groups in total. The van der Waals surface area contributed by atoms with Crippen LogP contribution in [-0.4, -0.2) is 24.3 Å². The lowest BCUT2D eigenvalue weighted by Gasteiger charge is -2.28. The van der Waals surface area contributed by atoms with E-state index in [0.29, 0.717) is 6.10 Å². The average molecular weight is 206 g/mol. The molecule has 0 atom stereocenters. The second-order valence-electron chi connectivity index (χ2n) is 4.00. The number of nitrogens with zero attached hydrogens (tertiary/aromatic N) is 1. The van der Waals surface area contributed by atoms with Crippen LogP contribution < -0.4 is 0 Å². The Morgan fingerprint density at radius 1 is 0.846 bits per heavy atom. The van der Waals surface area contributed by atoms with E-state index in [4.69, 9.17) is 4.84 Å². The fraction of sp³-hybridized carbons (Fsp3) is 1.00. The van der Waals surface area contributed by atoms with Gasteiger partial charge in [0.2, 0.25) is 0 Å². The Morgan fingerprint density at radius 2 is 1.46 bits per heavy atom. The topological polar surface area (TPSA) is 12.5 Å². The molecule has 13 heavy (non-hydrogen) atoms. The fourth-order valence-electron chi connectivity index (χ4n) is 2.17. The molecule has 0 spiro atoms. The van der Waals surface area contributed by atoms with Crippen LogP contribution in [0, 0.1) is 0 Å². The van der Waals surface area contributed by atoms with E-state index >= 15 is 0 Å². The zero-order valence-corrected chi connectivity index (χ0v) is 9.02. The quantitative estimate of drug-likeness (QED) is 0.688. The van der Waals surface area contributed by atoms with Crippen LogP contribution in [-0.2, 0) is 4.84 Å².